The lowest BCUT2D eigenvalue weighted by Gasteiger charge is -2.10. The van der Waals surface area contributed by atoms with Gasteiger partial charge in [0.05, 0.1) is 5.56 Å². The number of rotatable bonds is 6. The molecular weight excluding hydrogens is 687 g/mol. The molecule has 0 N–H and O–H groups in total. The van der Waals surface area contributed by atoms with Crippen molar-refractivity contribution in [3.05, 3.63) is 188 Å². The van der Waals surface area contributed by atoms with Gasteiger partial charge < -0.3 is 8.83 Å². The van der Waals surface area contributed by atoms with Gasteiger partial charge in [-0.15, -0.1) is 0 Å². The Morgan fingerprint density at radius 2 is 0.768 bits per heavy atom. The van der Waals surface area contributed by atoms with Crippen LogP contribution in [-0.2, 0) is 0 Å². The van der Waals surface area contributed by atoms with Gasteiger partial charge in [-0.2, -0.15) is 0 Å². The van der Waals surface area contributed by atoms with Crippen molar-refractivity contribution in [2.45, 2.75) is 0 Å². The molecule has 0 atom stereocenters. The van der Waals surface area contributed by atoms with E-state index in [0.717, 1.165) is 82.8 Å². The van der Waals surface area contributed by atoms with Crippen LogP contribution >= 0.6 is 0 Å². The lowest BCUT2D eigenvalue weighted by molar-refractivity contribution is 0.668. The molecule has 8 aromatic carbocycles. The standard InChI is InChI=1S/C51H31N3O2/c1-3-11-32(12-4-1)34-21-23-36(24-22-34)38-29-30-45-43(31-38)47-41(17-10-20-46(47)55-45)50-52-49(37-27-25-35(26-28-37)33-13-5-2-6-14-33)53-51(54-50)42-18-9-16-40-39-15-7-8-19-44(39)56-48(40)42/h1-31H. The van der Waals surface area contributed by atoms with E-state index in [1.54, 1.807) is 0 Å². The summed E-state index contributed by atoms with van der Waals surface area (Å²) in [6.45, 7) is 0. The van der Waals surface area contributed by atoms with Gasteiger partial charge in [0.25, 0.3) is 0 Å². The monoisotopic (exact) mass is 717 g/mol. The Kier molecular flexibility index (Phi) is 7.42. The summed E-state index contributed by atoms with van der Waals surface area (Å²) < 4.78 is 13.0. The fourth-order valence-electron chi connectivity index (χ4n) is 7.79. The summed E-state index contributed by atoms with van der Waals surface area (Å²) in [6, 6.07) is 64.6. The molecule has 0 saturated carbocycles. The summed E-state index contributed by atoms with van der Waals surface area (Å²) in [7, 11) is 0. The Bertz CT molecular complexity index is 3220. The van der Waals surface area contributed by atoms with Crippen LogP contribution in [0.25, 0.3) is 111 Å². The quantitative estimate of drug-likeness (QED) is 0.171. The minimum absolute atomic E-state index is 0.533. The molecule has 0 spiro atoms. The number of furan rings is 2. The predicted octanol–water partition coefficient (Wildman–Crippen LogP) is 13.7. The molecular formula is C51H31N3O2. The molecule has 0 radical (unpaired) electrons. The summed E-state index contributed by atoms with van der Waals surface area (Å²) in [4.78, 5) is 15.5. The van der Waals surface area contributed by atoms with Crippen LogP contribution in [-0.4, -0.2) is 15.0 Å². The van der Waals surface area contributed by atoms with Gasteiger partial charge in [0, 0.05) is 32.7 Å². The van der Waals surface area contributed by atoms with Crippen LogP contribution in [0.1, 0.15) is 0 Å². The summed E-state index contributed by atoms with van der Waals surface area (Å²) in [5, 5.41) is 4.02. The molecule has 0 aliphatic carbocycles. The first kappa shape index (κ1) is 31.9. The van der Waals surface area contributed by atoms with Crippen molar-refractivity contribution in [2.24, 2.45) is 0 Å². The Morgan fingerprint density at radius 3 is 1.48 bits per heavy atom. The Hall–Kier alpha value is -7.63. The second-order valence-electron chi connectivity index (χ2n) is 14.0. The van der Waals surface area contributed by atoms with E-state index in [1.807, 2.05) is 54.6 Å². The van der Waals surface area contributed by atoms with Gasteiger partial charge in [0.15, 0.2) is 17.5 Å². The maximum atomic E-state index is 6.48. The van der Waals surface area contributed by atoms with Gasteiger partial charge in [0.1, 0.15) is 22.3 Å². The van der Waals surface area contributed by atoms with Gasteiger partial charge >= 0.3 is 0 Å². The molecule has 3 heterocycles. The summed E-state index contributed by atoms with van der Waals surface area (Å²) >= 11 is 0. The first-order valence-corrected chi connectivity index (χ1v) is 18.7. The van der Waals surface area contributed by atoms with Crippen LogP contribution in [0.3, 0.4) is 0 Å². The smallest absolute Gasteiger partial charge is 0.167 e. The molecule has 56 heavy (non-hydrogen) atoms. The highest BCUT2D eigenvalue weighted by molar-refractivity contribution is 6.13. The molecule has 3 aromatic heterocycles. The molecule has 5 nitrogen and oxygen atoms in total. The topological polar surface area (TPSA) is 65.0 Å². The van der Waals surface area contributed by atoms with E-state index in [-0.39, 0.29) is 0 Å². The van der Waals surface area contributed by atoms with Crippen molar-refractivity contribution >= 4 is 43.9 Å². The zero-order valence-corrected chi connectivity index (χ0v) is 30.1. The Labute approximate surface area is 322 Å². The second-order valence-corrected chi connectivity index (χ2v) is 14.0. The normalized spacial score (nSPS) is 11.6. The van der Waals surface area contributed by atoms with E-state index >= 15 is 0 Å². The van der Waals surface area contributed by atoms with Crippen molar-refractivity contribution in [3.8, 4) is 67.5 Å². The molecule has 262 valence electrons. The number of fused-ring (bicyclic) bond motifs is 6. The molecule has 5 heteroatoms. The SMILES string of the molecule is c1ccc(-c2ccc(-c3ccc4oc5cccc(-c6nc(-c7ccc(-c8ccccc8)cc7)nc(-c7cccc8c7oc7ccccc78)n6)c5c4c3)cc2)cc1. The maximum absolute atomic E-state index is 6.48. The van der Waals surface area contributed by atoms with E-state index < -0.39 is 0 Å². The molecule has 0 bridgehead atoms. The fourth-order valence-corrected chi connectivity index (χ4v) is 7.79. The first-order chi connectivity index (χ1) is 27.7. The van der Waals surface area contributed by atoms with Crippen LogP contribution < -0.4 is 0 Å². The van der Waals surface area contributed by atoms with Gasteiger partial charge in [-0.1, -0.05) is 158 Å². The number of nitrogens with zero attached hydrogens (tertiary/aromatic N) is 3. The van der Waals surface area contributed by atoms with E-state index in [0.29, 0.717) is 17.5 Å². The third-order valence-electron chi connectivity index (χ3n) is 10.6. The highest BCUT2D eigenvalue weighted by Crippen LogP contribution is 2.40. The van der Waals surface area contributed by atoms with Crippen LogP contribution in [0.5, 0.6) is 0 Å². The zero-order chi connectivity index (χ0) is 37.0. The number of aromatic nitrogens is 3. The molecule has 0 unspecified atom stereocenters. The summed E-state index contributed by atoms with van der Waals surface area (Å²) in [6.07, 6.45) is 0. The Balaban J connectivity index is 1.09. The van der Waals surface area contributed by atoms with E-state index in [9.17, 15) is 0 Å². The molecule has 0 aliphatic rings. The number of hydrogen-bond acceptors (Lipinski definition) is 5. The van der Waals surface area contributed by atoms with Gasteiger partial charge in [-0.3, -0.25) is 0 Å². The fraction of sp³-hybridized carbons (Fsp3) is 0. The molecule has 11 rings (SSSR count). The van der Waals surface area contributed by atoms with E-state index in [4.69, 9.17) is 23.8 Å². The molecule has 0 saturated heterocycles. The van der Waals surface area contributed by atoms with Gasteiger partial charge in [0.2, 0.25) is 0 Å². The number of benzene rings is 8. The molecule has 11 aromatic rings. The minimum Gasteiger partial charge on any atom is -0.456 e. The lowest BCUT2D eigenvalue weighted by atomic mass is 9.98. The van der Waals surface area contributed by atoms with Gasteiger partial charge in [-0.05, 0) is 63.7 Å². The molecule has 0 amide bonds. The third kappa shape index (κ3) is 5.45. The highest BCUT2D eigenvalue weighted by atomic mass is 16.3. The van der Waals surface area contributed by atoms with Crippen molar-refractivity contribution in [2.75, 3.05) is 0 Å². The third-order valence-corrected chi connectivity index (χ3v) is 10.6. The van der Waals surface area contributed by atoms with Crippen molar-refractivity contribution in [1.82, 2.24) is 15.0 Å². The van der Waals surface area contributed by atoms with Crippen molar-refractivity contribution in [1.29, 1.82) is 0 Å². The van der Waals surface area contributed by atoms with Crippen LogP contribution in [0.4, 0.5) is 0 Å². The lowest BCUT2D eigenvalue weighted by Crippen LogP contribution is -2.00. The van der Waals surface area contributed by atoms with Gasteiger partial charge in [-0.25, -0.2) is 15.0 Å². The summed E-state index contributed by atoms with van der Waals surface area (Å²) in [5.41, 5.74) is 12.6. The van der Waals surface area contributed by atoms with E-state index in [1.165, 1.54) is 11.1 Å². The average molecular weight is 718 g/mol. The molecule has 0 aliphatic heterocycles. The zero-order valence-electron chi connectivity index (χ0n) is 30.1. The van der Waals surface area contributed by atoms with E-state index in [2.05, 4.69) is 133 Å². The average Bonchev–Trinajstić information content (AvgIpc) is 3.85. The van der Waals surface area contributed by atoms with Crippen molar-refractivity contribution in [3.63, 3.8) is 0 Å². The second kappa shape index (κ2) is 13.0. The number of hydrogen-bond donors (Lipinski definition) is 0. The minimum atomic E-state index is 0.533. The largest absolute Gasteiger partial charge is 0.456 e. The van der Waals surface area contributed by atoms with Crippen LogP contribution in [0.15, 0.2) is 197 Å². The van der Waals surface area contributed by atoms with Crippen LogP contribution in [0.2, 0.25) is 0 Å². The first-order valence-electron chi connectivity index (χ1n) is 18.7. The van der Waals surface area contributed by atoms with Crippen molar-refractivity contribution < 1.29 is 8.83 Å². The summed E-state index contributed by atoms with van der Waals surface area (Å²) in [5.74, 6) is 1.66. The maximum Gasteiger partial charge on any atom is 0.167 e. The number of para-hydroxylation sites is 2. The predicted molar refractivity (Wildman–Crippen MR) is 227 cm³/mol. The molecule has 0 fully saturated rings. The highest BCUT2D eigenvalue weighted by Gasteiger charge is 2.21. The Morgan fingerprint density at radius 1 is 0.286 bits per heavy atom. The van der Waals surface area contributed by atoms with Crippen LogP contribution in [0, 0.1) is 0 Å².